The zero-order valence-corrected chi connectivity index (χ0v) is 24.9. The number of methoxy groups -OCH3 is 3. The number of aliphatic imine (C=N–C) groups is 1. The molecule has 3 aromatic rings. The van der Waals surface area contributed by atoms with Gasteiger partial charge in [0.25, 0.3) is 5.91 Å². The van der Waals surface area contributed by atoms with Gasteiger partial charge < -0.3 is 34.1 Å². The second kappa shape index (κ2) is 14.5. The molecule has 10 heteroatoms. The third kappa shape index (κ3) is 7.26. The molecule has 2 atom stereocenters. The van der Waals surface area contributed by atoms with Crippen LogP contribution in [0.3, 0.4) is 0 Å². The minimum Gasteiger partial charge on any atom is -0.497 e. The van der Waals surface area contributed by atoms with E-state index in [9.17, 15) is 4.79 Å². The normalized spacial score (nSPS) is 18.1. The summed E-state index contributed by atoms with van der Waals surface area (Å²) < 4.78 is 29.2. The fourth-order valence-electron chi connectivity index (χ4n) is 4.61. The van der Waals surface area contributed by atoms with E-state index in [-0.39, 0.29) is 25.5 Å². The fourth-order valence-corrected chi connectivity index (χ4v) is 5.04. The summed E-state index contributed by atoms with van der Waals surface area (Å²) in [6.45, 7) is 0.592. The van der Waals surface area contributed by atoms with Gasteiger partial charge in [-0.3, -0.25) is 4.79 Å². The Morgan fingerprint density at radius 3 is 2.49 bits per heavy atom. The van der Waals surface area contributed by atoms with E-state index < -0.39 is 17.9 Å². The highest BCUT2D eigenvalue weighted by Crippen LogP contribution is 2.44. The van der Waals surface area contributed by atoms with Crippen LogP contribution in [0.5, 0.6) is 11.5 Å². The molecule has 0 unspecified atom stereocenters. The Morgan fingerprint density at radius 1 is 1.05 bits per heavy atom. The van der Waals surface area contributed by atoms with Crippen LogP contribution in [0.1, 0.15) is 29.2 Å². The van der Waals surface area contributed by atoms with Gasteiger partial charge in [-0.15, -0.1) is 0 Å². The summed E-state index contributed by atoms with van der Waals surface area (Å²) >= 11 is 3.64. The number of hydrogen-bond donors (Lipinski definition) is 2. The Labute approximate surface area is 248 Å². The molecule has 41 heavy (non-hydrogen) atoms. The van der Waals surface area contributed by atoms with Crippen molar-refractivity contribution in [2.75, 3.05) is 41.1 Å². The number of hydrogen-bond acceptors (Lipinski definition) is 8. The summed E-state index contributed by atoms with van der Waals surface area (Å²) in [7, 11) is 4.63. The highest BCUT2D eigenvalue weighted by molar-refractivity contribution is 9.10. The molecule has 1 heterocycles. The van der Waals surface area contributed by atoms with Crippen molar-refractivity contribution >= 4 is 27.7 Å². The number of nitrogens with zero attached hydrogens (tertiary/aromatic N) is 1. The zero-order chi connectivity index (χ0) is 29.2. The lowest BCUT2D eigenvalue weighted by Crippen LogP contribution is -2.51. The molecule has 2 N–H and O–H groups in total. The van der Waals surface area contributed by atoms with Crippen LogP contribution < -0.4 is 14.8 Å². The molecule has 0 fully saturated rings. The molecule has 0 spiro atoms. The molecule has 218 valence electrons. The molecule has 4 rings (SSSR count). The van der Waals surface area contributed by atoms with E-state index in [1.165, 1.54) is 14.2 Å². The van der Waals surface area contributed by atoms with Crippen molar-refractivity contribution in [3.8, 4) is 11.5 Å². The molecule has 3 aromatic carbocycles. The lowest BCUT2D eigenvalue weighted by atomic mass is 9.82. The number of nitrogens with one attached hydrogen (secondary N) is 1. The Kier molecular flexibility index (Phi) is 10.8. The van der Waals surface area contributed by atoms with Crippen LogP contribution in [0.4, 0.5) is 0 Å². The number of amides is 1. The van der Waals surface area contributed by atoms with E-state index >= 15 is 0 Å². The van der Waals surface area contributed by atoms with Gasteiger partial charge in [0, 0.05) is 43.7 Å². The lowest BCUT2D eigenvalue weighted by Gasteiger charge is -2.31. The van der Waals surface area contributed by atoms with Crippen molar-refractivity contribution in [2.24, 2.45) is 4.99 Å². The minimum absolute atomic E-state index is 0.0611. The molecule has 1 aliphatic rings. The van der Waals surface area contributed by atoms with E-state index in [1.807, 2.05) is 72.8 Å². The van der Waals surface area contributed by atoms with Gasteiger partial charge in [-0.2, -0.15) is 0 Å². The van der Waals surface area contributed by atoms with Crippen molar-refractivity contribution in [3.05, 3.63) is 94.0 Å². The molecular formula is C31H35BrN2O7. The molecule has 1 aliphatic heterocycles. The van der Waals surface area contributed by atoms with Gasteiger partial charge in [-0.05, 0) is 53.6 Å². The van der Waals surface area contributed by atoms with Crippen LogP contribution in [0.2, 0.25) is 0 Å². The predicted molar refractivity (Wildman–Crippen MR) is 158 cm³/mol. The van der Waals surface area contributed by atoms with Gasteiger partial charge in [0.05, 0.1) is 20.3 Å². The average molecular weight is 628 g/mol. The summed E-state index contributed by atoms with van der Waals surface area (Å²) in [5.41, 5.74) is 0.949. The molecule has 9 nitrogen and oxygen atoms in total. The molecule has 1 amide bonds. The third-order valence-corrected chi connectivity index (χ3v) is 7.57. The maximum Gasteiger partial charge on any atom is 0.252 e. The minimum atomic E-state index is -1.38. The molecule has 0 saturated heterocycles. The Bertz CT molecular complexity index is 1330. The van der Waals surface area contributed by atoms with Crippen LogP contribution in [-0.2, 0) is 25.4 Å². The highest BCUT2D eigenvalue weighted by Gasteiger charge is 2.53. The summed E-state index contributed by atoms with van der Waals surface area (Å²) in [5.74, 6) is 1.29. The van der Waals surface area contributed by atoms with E-state index in [1.54, 1.807) is 7.11 Å². The summed E-state index contributed by atoms with van der Waals surface area (Å²) in [6.07, 6.45) is -0.611. The van der Waals surface area contributed by atoms with Gasteiger partial charge in [0.1, 0.15) is 11.5 Å². The first-order chi connectivity index (χ1) is 19.9. The third-order valence-electron chi connectivity index (χ3n) is 6.80. The average Bonchev–Trinajstić information content (AvgIpc) is 3.39. The molecular weight excluding hydrogens is 592 g/mol. The largest absolute Gasteiger partial charge is 0.497 e. The van der Waals surface area contributed by atoms with Crippen molar-refractivity contribution in [2.45, 2.75) is 30.8 Å². The monoisotopic (exact) mass is 626 g/mol. The van der Waals surface area contributed by atoms with Crippen LogP contribution in [-0.4, -0.2) is 69.8 Å². The van der Waals surface area contributed by atoms with Crippen molar-refractivity contribution < 1.29 is 33.6 Å². The van der Waals surface area contributed by atoms with Crippen LogP contribution in [0, 0.1) is 0 Å². The van der Waals surface area contributed by atoms with Gasteiger partial charge >= 0.3 is 0 Å². The first-order valence-corrected chi connectivity index (χ1v) is 14.0. The molecule has 0 bridgehead atoms. The molecule has 0 saturated carbocycles. The smallest absolute Gasteiger partial charge is 0.252 e. The fraction of sp³-hybridized carbons (Fsp3) is 0.355. The lowest BCUT2D eigenvalue weighted by molar-refractivity contribution is -0.134. The van der Waals surface area contributed by atoms with Gasteiger partial charge in [0.2, 0.25) is 5.90 Å². The van der Waals surface area contributed by atoms with E-state index in [4.69, 9.17) is 33.8 Å². The maximum absolute atomic E-state index is 14.2. The Balaban J connectivity index is 1.79. The van der Waals surface area contributed by atoms with E-state index in [0.29, 0.717) is 36.0 Å². The number of halogens is 1. The van der Waals surface area contributed by atoms with E-state index in [2.05, 4.69) is 21.2 Å². The van der Waals surface area contributed by atoms with Crippen LogP contribution in [0.25, 0.3) is 0 Å². The van der Waals surface area contributed by atoms with Crippen molar-refractivity contribution in [3.63, 3.8) is 0 Å². The van der Waals surface area contributed by atoms with Crippen LogP contribution >= 0.6 is 15.9 Å². The van der Waals surface area contributed by atoms with Gasteiger partial charge in [0.15, 0.2) is 17.9 Å². The first kappa shape index (κ1) is 30.5. The zero-order valence-electron chi connectivity index (χ0n) is 23.3. The number of ether oxygens (including phenoxy) is 5. The second-order valence-corrected chi connectivity index (χ2v) is 10.3. The van der Waals surface area contributed by atoms with Crippen molar-refractivity contribution in [1.29, 1.82) is 0 Å². The maximum atomic E-state index is 14.2. The van der Waals surface area contributed by atoms with E-state index in [0.717, 1.165) is 15.6 Å². The highest BCUT2D eigenvalue weighted by atomic mass is 79.9. The number of aliphatic hydroxyl groups is 1. The second-order valence-electron chi connectivity index (χ2n) is 9.44. The topological polar surface area (TPSA) is 108 Å². The Morgan fingerprint density at radius 2 is 1.80 bits per heavy atom. The van der Waals surface area contributed by atoms with Gasteiger partial charge in [-0.1, -0.05) is 46.3 Å². The summed E-state index contributed by atoms with van der Waals surface area (Å²) in [6, 6.07) is 22.5. The van der Waals surface area contributed by atoms with Gasteiger partial charge in [-0.25, -0.2) is 4.99 Å². The quantitative estimate of drug-likeness (QED) is 0.201. The summed E-state index contributed by atoms with van der Waals surface area (Å²) in [4.78, 5) is 19.3. The number of rotatable bonds is 14. The SMILES string of the molecule is COc1cccc([C@H]2OC(c3ccc(OCCCO)cc3)=N[C@@]2(Cc2ccccc2Br)C(=O)NCC(OC)OC)c1. The number of carbonyl (C=O) groups is 1. The standard InChI is InChI=1S/C31H35BrN2O7/c1-37-25-10-6-9-22(18-25)28-31(19-23-8-4-5-11-26(23)32,30(36)33-20-27(38-2)39-3)34-29(41-28)21-12-14-24(15-13-21)40-17-7-16-35/h4-6,8-15,18,27-28,35H,7,16-17,19-20H2,1-3H3,(H,33,36)/t28-,31-/m1/s1. The number of benzene rings is 3. The molecule has 0 aromatic heterocycles. The molecule has 0 aliphatic carbocycles. The first-order valence-electron chi connectivity index (χ1n) is 13.3. The number of aliphatic hydroxyl groups excluding tert-OH is 1. The van der Waals surface area contributed by atoms with Crippen LogP contribution in [0.15, 0.2) is 82.3 Å². The predicted octanol–water partition coefficient (Wildman–Crippen LogP) is 4.45. The van der Waals surface area contributed by atoms with Crippen molar-refractivity contribution in [1.82, 2.24) is 5.32 Å². The molecule has 0 radical (unpaired) electrons. The number of carbonyl (C=O) groups excluding carboxylic acids is 1. The Hall–Kier alpha value is -3.44. The summed E-state index contributed by atoms with van der Waals surface area (Å²) in [5, 5.41) is 12.0.